The van der Waals surface area contributed by atoms with Crippen LogP contribution in [0.5, 0.6) is 0 Å². The lowest BCUT2D eigenvalue weighted by atomic mass is 9.95. The number of nitrogens with zero attached hydrogens (tertiary/aromatic N) is 1. The molecule has 9 amide bonds. The van der Waals surface area contributed by atoms with Crippen LogP contribution in [0.1, 0.15) is 122 Å². The lowest BCUT2D eigenvalue weighted by Gasteiger charge is -2.30. The van der Waals surface area contributed by atoms with E-state index in [4.69, 9.17) is 11.5 Å². The first-order valence-electron chi connectivity index (χ1n) is 23.9. The SMILES string of the molecule is CC[C@@H](C)[C@@H](NC(=O)[C@H](NC(=O)[C@@H](CC(C)C)NC(=O)[C@@H](CO)NC(C)=O)C(C)C)C(=O)N[C@@H](CCCN=C(N)N)C(=O)NCC(=O)N[C@@H](C(=O)N[C@@H](C(=O)N[C@@H](C=O)C(C)C)[C@H](C)CC)C(C)C. The zero-order chi connectivity index (χ0) is 53.3. The van der Waals surface area contributed by atoms with Gasteiger partial charge in [0.2, 0.25) is 53.2 Å². The predicted octanol–water partition coefficient (Wildman–Crippen LogP) is -1.65. The molecular weight excluding hydrogens is 897 g/mol. The number of carbonyl (C=O) groups is 10. The number of hydrogen-bond acceptors (Lipinski definition) is 12. The fourth-order valence-electron chi connectivity index (χ4n) is 6.79. The molecule has 0 aromatic heterocycles. The fraction of sp³-hybridized carbons (Fsp3) is 0.761. The highest BCUT2D eigenvalue weighted by Gasteiger charge is 2.36. The molecule has 23 heteroatoms. The monoisotopic (exact) mass is 981 g/mol. The van der Waals surface area contributed by atoms with Gasteiger partial charge in [-0.05, 0) is 54.8 Å². The number of hydrogen-bond donors (Lipinski definition) is 12. The van der Waals surface area contributed by atoms with Gasteiger partial charge in [0.1, 0.15) is 48.6 Å². The Morgan fingerprint density at radius 3 is 1.42 bits per heavy atom. The average Bonchev–Trinajstić information content (AvgIpc) is 3.27. The van der Waals surface area contributed by atoms with Crippen LogP contribution in [-0.2, 0) is 47.9 Å². The molecule has 0 aromatic carbocycles. The molecule has 0 aliphatic carbocycles. The minimum Gasteiger partial charge on any atom is -0.394 e. The summed E-state index contributed by atoms with van der Waals surface area (Å²) in [5.74, 6) is -8.64. The van der Waals surface area contributed by atoms with E-state index in [1.807, 2.05) is 20.8 Å². The molecule has 0 fully saturated rings. The van der Waals surface area contributed by atoms with Gasteiger partial charge in [-0.15, -0.1) is 0 Å². The summed E-state index contributed by atoms with van der Waals surface area (Å²) in [5.41, 5.74) is 11.0. The van der Waals surface area contributed by atoms with Gasteiger partial charge < -0.3 is 69.2 Å². The van der Waals surface area contributed by atoms with Gasteiger partial charge in [-0.3, -0.25) is 48.1 Å². The molecule has 0 unspecified atom stereocenters. The molecule has 0 radical (unpaired) electrons. The second-order valence-electron chi connectivity index (χ2n) is 19.0. The van der Waals surface area contributed by atoms with Crippen molar-refractivity contribution in [1.29, 1.82) is 0 Å². The third-order valence-corrected chi connectivity index (χ3v) is 11.5. The van der Waals surface area contributed by atoms with Gasteiger partial charge in [-0.25, -0.2) is 0 Å². The largest absolute Gasteiger partial charge is 0.394 e. The number of aliphatic imine (C=N–C) groups is 1. The van der Waals surface area contributed by atoms with E-state index < -0.39 is 132 Å². The normalized spacial score (nSPS) is 15.6. The van der Waals surface area contributed by atoms with Gasteiger partial charge in [0.15, 0.2) is 5.96 Å². The highest BCUT2D eigenvalue weighted by atomic mass is 16.3. The lowest BCUT2D eigenvalue weighted by Crippen LogP contribution is -2.61. The van der Waals surface area contributed by atoms with Crippen LogP contribution in [0.2, 0.25) is 0 Å². The Labute approximate surface area is 407 Å². The summed E-state index contributed by atoms with van der Waals surface area (Å²) < 4.78 is 0. The first-order chi connectivity index (χ1) is 32.1. The molecule has 0 saturated carbocycles. The van der Waals surface area contributed by atoms with Crippen molar-refractivity contribution in [3.8, 4) is 0 Å². The van der Waals surface area contributed by atoms with E-state index in [9.17, 15) is 53.1 Å². The Morgan fingerprint density at radius 1 is 0.551 bits per heavy atom. The van der Waals surface area contributed by atoms with Crippen molar-refractivity contribution in [3.63, 3.8) is 0 Å². The van der Waals surface area contributed by atoms with E-state index in [0.29, 0.717) is 19.1 Å². The van der Waals surface area contributed by atoms with Crippen molar-refractivity contribution in [1.82, 2.24) is 47.9 Å². The zero-order valence-electron chi connectivity index (χ0n) is 42.9. The Balaban J connectivity index is 6.37. The molecule has 0 aliphatic rings. The molecule has 0 saturated heterocycles. The number of rotatable bonds is 32. The second-order valence-corrected chi connectivity index (χ2v) is 19.0. The van der Waals surface area contributed by atoms with Crippen LogP contribution in [-0.4, -0.2) is 139 Å². The molecule has 0 spiro atoms. The summed E-state index contributed by atoms with van der Waals surface area (Å²) >= 11 is 0. The summed E-state index contributed by atoms with van der Waals surface area (Å²) in [5, 5.41) is 33.1. The van der Waals surface area contributed by atoms with Gasteiger partial charge in [-0.1, -0.05) is 95.9 Å². The standard InChI is InChI=1S/C46H84N12O11/c1-14-27(11)37(58-43(67)36(26(9)10)56-40(64)31(19-23(3)4)53-41(65)33(22-60)51-29(13)61)44(68)52-30(17-16-18-49-46(47)48)39(63)50-20-34(62)55-35(25(7)8)42(66)57-38(28(12)15-2)45(69)54-32(21-59)24(5)6/h21,23-28,30-33,35-38,60H,14-20,22H2,1-13H3,(H,50,63)(H,51,61)(H,52,68)(H,53,65)(H,54,69)(H,55,62)(H,56,64)(H,57,66)(H,58,67)(H4,47,48,49)/t27-,28-,30+,31-,32+,33-,35-,36-,37-,38-/m1/s1. The number of guanidine groups is 1. The quantitative estimate of drug-likeness (QED) is 0.0156. The van der Waals surface area contributed by atoms with Crippen molar-refractivity contribution in [2.45, 2.75) is 170 Å². The van der Waals surface area contributed by atoms with Crippen LogP contribution < -0.4 is 59.3 Å². The molecule has 14 N–H and O–H groups in total. The van der Waals surface area contributed by atoms with Gasteiger partial charge in [0.25, 0.3) is 0 Å². The Bertz CT molecular complexity index is 1750. The maximum atomic E-state index is 14.1. The Kier molecular flexibility index (Phi) is 29.3. The molecule has 23 nitrogen and oxygen atoms in total. The van der Waals surface area contributed by atoms with E-state index in [0.717, 1.165) is 0 Å². The van der Waals surface area contributed by atoms with Crippen LogP contribution >= 0.6 is 0 Å². The number of nitrogens with one attached hydrogen (secondary N) is 9. The van der Waals surface area contributed by atoms with Crippen molar-refractivity contribution in [2.24, 2.45) is 52.0 Å². The molecule has 0 rings (SSSR count). The number of nitrogens with two attached hydrogens (primary N) is 2. The van der Waals surface area contributed by atoms with Crippen LogP contribution in [0.25, 0.3) is 0 Å². The molecule has 394 valence electrons. The average molecular weight is 981 g/mol. The number of aliphatic hydroxyl groups is 1. The summed E-state index contributed by atoms with van der Waals surface area (Å²) in [6.45, 7) is 20.9. The summed E-state index contributed by atoms with van der Waals surface area (Å²) in [4.78, 5) is 136. The predicted molar refractivity (Wildman–Crippen MR) is 260 cm³/mol. The van der Waals surface area contributed by atoms with Crippen molar-refractivity contribution >= 4 is 65.4 Å². The van der Waals surface area contributed by atoms with Gasteiger partial charge in [-0.2, -0.15) is 0 Å². The summed E-state index contributed by atoms with van der Waals surface area (Å²) in [7, 11) is 0. The molecule has 0 heterocycles. The highest BCUT2D eigenvalue weighted by molar-refractivity contribution is 5.98. The maximum Gasteiger partial charge on any atom is 0.245 e. The molecule has 0 aromatic rings. The molecule has 69 heavy (non-hydrogen) atoms. The van der Waals surface area contributed by atoms with Crippen LogP contribution in [0.3, 0.4) is 0 Å². The van der Waals surface area contributed by atoms with E-state index in [1.165, 1.54) is 6.92 Å². The Morgan fingerprint density at radius 2 is 1.00 bits per heavy atom. The van der Waals surface area contributed by atoms with E-state index in [2.05, 4.69) is 52.8 Å². The topological polar surface area (TPSA) is 364 Å². The summed E-state index contributed by atoms with van der Waals surface area (Å²) in [6.07, 6.45) is 1.87. The molecular formula is C46H84N12O11. The third kappa shape index (κ3) is 23.3. The van der Waals surface area contributed by atoms with Gasteiger partial charge in [0, 0.05) is 13.5 Å². The lowest BCUT2D eigenvalue weighted by molar-refractivity contribution is -0.137. The van der Waals surface area contributed by atoms with Crippen molar-refractivity contribution < 1.29 is 53.1 Å². The van der Waals surface area contributed by atoms with Crippen molar-refractivity contribution in [3.05, 3.63) is 0 Å². The molecule has 10 atom stereocenters. The molecule has 0 aliphatic heterocycles. The van der Waals surface area contributed by atoms with Crippen LogP contribution in [0.15, 0.2) is 4.99 Å². The molecule has 0 bridgehead atoms. The number of carbonyl (C=O) groups excluding carboxylic acids is 10. The minimum absolute atomic E-state index is 0.0122. The van der Waals surface area contributed by atoms with Crippen LogP contribution in [0.4, 0.5) is 0 Å². The number of aliphatic hydroxyl groups excluding tert-OH is 1. The zero-order valence-corrected chi connectivity index (χ0v) is 42.9. The maximum absolute atomic E-state index is 14.1. The van der Waals surface area contributed by atoms with E-state index >= 15 is 0 Å². The smallest absolute Gasteiger partial charge is 0.245 e. The Hall–Kier alpha value is -5.87. The highest BCUT2D eigenvalue weighted by Crippen LogP contribution is 2.14. The third-order valence-electron chi connectivity index (χ3n) is 11.5. The van der Waals surface area contributed by atoms with Gasteiger partial charge in [0.05, 0.1) is 19.2 Å². The fourth-order valence-corrected chi connectivity index (χ4v) is 6.79. The van der Waals surface area contributed by atoms with E-state index in [1.54, 1.807) is 62.3 Å². The second kappa shape index (κ2) is 32.0. The van der Waals surface area contributed by atoms with Crippen molar-refractivity contribution in [2.75, 3.05) is 19.7 Å². The first-order valence-corrected chi connectivity index (χ1v) is 23.9. The van der Waals surface area contributed by atoms with E-state index in [-0.39, 0.29) is 49.5 Å². The summed E-state index contributed by atoms with van der Waals surface area (Å²) in [6, 6.07) is -9.12. The first kappa shape index (κ1) is 63.1. The van der Waals surface area contributed by atoms with Gasteiger partial charge >= 0.3 is 0 Å². The number of aldehydes is 1. The van der Waals surface area contributed by atoms with Crippen LogP contribution in [0, 0.1) is 35.5 Å². The number of amides is 9. The minimum atomic E-state index is -1.32.